The number of anilines is 1. The summed E-state index contributed by atoms with van der Waals surface area (Å²) >= 11 is 12.4. The van der Waals surface area contributed by atoms with E-state index in [0.29, 0.717) is 40.0 Å². The summed E-state index contributed by atoms with van der Waals surface area (Å²) in [6, 6.07) is 3.53. The van der Waals surface area contributed by atoms with Crippen molar-refractivity contribution in [2.24, 2.45) is 0 Å². The number of nitrogens with one attached hydrogen (secondary N) is 2. The Hall–Kier alpha value is -1.60. The van der Waals surface area contributed by atoms with E-state index < -0.39 is 5.97 Å². The second kappa shape index (κ2) is 8.86. The number of halogens is 2. The lowest BCUT2D eigenvalue weighted by Gasteiger charge is -2.24. The second-order valence-corrected chi connectivity index (χ2v) is 6.85. The van der Waals surface area contributed by atoms with Gasteiger partial charge in [-0.05, 0) is 19.1 Å². The number of ether oxygens (including phenoxy) is 2. The number of nitrogens with zero attached hydrogens (tertiary/aromatic N) is 1. The lowest BCUT2D eigenvalue weighted by Crippen LogP contribution is -3.14. The van der Waals surface area contributed by atoms with E-state index in [1.165, 1.54) is 11.1 Å². The maximum Gasteiger partial charge on any atom is 0.341 e. The van der Waals surface area contributed by atoms with Crippen LogP contribution in [0.3, 0.4) is 0 Å². The summed E-state index contributed by atoms with van der Waals surface area (Å²) in [7, 11) is 0. The van der Waals surface area contributed by atoms with Gasteiger partial charge < -0.3 is 19.7 Å². The first-order valence-corrected chi connectivity index (χ1v) is 9.46. The largest absolute Gasteiger partial charge is 0.462 e. The fraction of sp³-hybridized carbons (Fsp3) is 0.444. The lowest BCUT2D eigenvalue weighted by atomic mass is 10.1. The van der Waals surface area contributed by atoms with Crippen LogP contribution in [0.15, 0.2) is 18.3 Å². The van der Waals surface area contributed by atoms with Gasteiger partial charge in [0, 0.05) is 11.6 Å². The predicted molar refractivity (Wildman–Crippen MR) is 103 cm³/mol. The highest BCUT2D eigenvalue weighted by atomic mass is 35.5. The Morgan fingerprint density at radius 2 is 2.12 bits per heavy atom. The average molecular weight is 399 g/mol. The zero-order valence-corrected chi connectivity index (χ0v) is 16.1. The molecule has 1 saturated heterocycles. The number of benzene rings is 1. The molecule has 0 saturated carbocycles. The van der Waals surface area contributed by atoms with Crippen LogP contribution in [0.4, 0.5) is 5.69 Å². The molecule has 8 heteroatoms. The number of quaternary nitrogens is 1. The van der Waals surface area contributed by atoms with E-state index in [0.717, 1.165) is 38.2 Å². The molecule has 26 heavy (non-hydrogen) atoms. The van der Waals surface area contributed by atoms with Crippen molar-refractivity contribution in [3.8, 4) is 0 Å². The van der Waals surface area contributed by atoms with E-state index in [4.69, 9.17) is 32.7 Å². The van der Waals surface area contributed by atoms with Crippen LogP contribution in [0.25, 0.3) is 10.9 Å². The Labute approximate surface area is 162 Å². The topological polar surface area (TPSA) is 64.9 Å². The predicted octanol–water partition coefficient (Wildman–Crippen LogP) is 2.05. The molecule has 1 aromatic heterocycles. The number of carbonyl (C=O) groups excluding carboxylic acids is 1. The first kappa shape index (κ1) is 19.2. The van der Waals surface area contributed by atoms with Crippen molar-refractivity contribution in [1.82, 2.24) is 4.98 Å². The van der Waals surface area contributed by atoms with E-state index in [1.54, 1.807) is 13.0 Å². The van der Waals surface area contributed by atoms with Crippen molar-refractivity contribution in [3.05, 3.63) is 33.9 Å². The molecule has 2 aromatic rings. The quantitative estimate of drug-likeness (QED) is 0.728. The standard InChI is InChI=1S/C18H21Cl2N3O3/c1-2-26-18(24)13-11-22-17-12(3-4-14(19)15(17)20)16(13)21-5-6-23-7-9-25-10-8-23/h3-4,11H,2,5-10H2,1H3,(H,21,22)/p+1. The molecule has 6 nitrogen and oxygen atoms in total. The zero-order chi connectivity index (χ0) is 18.5. The lowest BCUT2D eigenvalue weighted by molar-refractivity contribution is -0.906. The van der Waals surface area contributed by atoms with E-state index in [-0.39, 0.29) is 0 Å². The van der Waals surface area contributed by atoms with Gasteiger partial charge >= 0.3 is 5.97 Å². The summed E-state index contributed by atoms with van der Waals surface area (Å²) in [5.74, 6) is -0.408. The molecule has 1 aliphatic rings. The minimum Gasteiger partial charge on any atom is -0.462 e. The van der Waals surface area contributed by atoms with Crippen LogP contribution >= 0.6 is 23.2 Å². The highest BCUT2D eigenvalue weighted by molar-refractivity contribution is 6.45. The van der Waals surface area contributed by atoms with Crippen molar-refractivity contribution in [1.29, 1.82) is 0 Å². The number of hydrogen-bond acceptors (Lipinski definition) is 5. The molecular weight excluding hydrogens is 377 g/mol. The fourth-order valence-corrected chi connectivity index (χ4v) is 3.40. The van der Waals surface area contributed by atoms with Gasteiger partial charge in [0.15, 0.2) is 0 Å². The normalized spacial score (nSPS) is 15.2. The molecule has 140 valence electrons. The third-order valence-corrected chi connectivity index (χ3v) is 5.20. The van der Waals surface area contributed by atoms with Crippen LogP contribution in [0.1, 0.15) is 17.3 Å². The number of rotatable bonds is 6. The monoisotopic (exact) mass is 398 g/mol. The molecule has 0 amide bonds. The molecule has 3 rings (SSSR count). The highest BCUT2D eigenvalue weighted by Crippen LogP contribution is 2.34. The van der Waals surface area contributed by atoms with Crippen molar-refractivity contribution in [2.45, 2.75) is 6.92 Å². The molecule has 1 aromatic carbocycles. The number of carbonyl (C=O) groups is 1. The number of esters is 1. The molecular formula is C18H22Cl2N3O3+. The van der Waals surface area contributed by atoms with Crippen LogP contribution in [-0.4, -0.2) is 57.0 Å². The maximum atomic E-state index is 12.3. The van der Waals surface area contributed by atoms with Crippen LogP contribution in [-0.2, 0) is 9.47 Å². The van der Waals surface area contributed by atoms with Crippen LogP contribution in [0, 0.1) is 0 Å². The Morgan fingerprint density at radius 1 is 1.35 bits per heavy atom. The number of aromatic nitrogens is 1. The minimum atomic E-state index is -0.408. The van der Waals surface area contributed by atoms with Gasteiger partial charge in [-0.2, -0.15) is 0 Å². The molecule has 0 bridgehead atoms. The number of morpholine rings is 1. The van der Waals surface area contributed by atoms with Crippen LogP contribution in [0.2, 0.25) is 10.0 Å². The molecule has 1 fully saturated rings. The number of pyridine rings is 1. The van der Waals surface area contributed by atoms with E-state index in [2.05, 4.69) is 10.3 Å². The Kier molecular flexibility index (Phi) is 6.53. The SMILES string of the molecule is CCOC(=O)c1cnc2c(Cl)c(Cl)ccc2c1NCC[NH+]1CCOCC1. The molecule has 0 aliphatic carbocycles. The first-order chi connectivity index (χ1) is 12.6. The van der Waals surface area contributed by atoms with E-state index >= 15 is 0 Å². The van der Waals surface area contributed by atoms with Gasteiger partial charge in [-0.15, -0.1) is 0 Å². The van der Waals surface area contributed by atoms with Gasteiger partial charge in [0.05, 0.1) is 54.2 Å². The third kappa shape index (κ3) is 4.20. The third-order valence-electron chi connectivity index (χ3n) is 4.41. The van der Waals surface area contributed by atoms with Gasteiger partial charge in [0.2, 0.25) is 0 Å². The molecule has 0 unspecified atom stereocenters. The average Bonchev–Trinajstić information content (AvgIpc) is 2.66. The number of fused-ring (bicyclic) bond motifs is 1. The summed E-state index contributed by atoms with van der Waals surface area (Å²) in [4.78, 5) is 18.1. The molecule has 0 spiro atoms. The Bertz CT molecular complexity index is 795. The first-order valence-electron chi connectivity index (χ1n) is 8.70. The Balaban J connectivity index is 1.89. The highest BCUT2D eigenvalue weighted by Gasteiger charge is 2.19. The zero-order valence-electron chi connectivity index (χ0n) is 14.6. The number of hydrogen-bond donors (Lipinski definition) is 2. The van der Waals surface area contributed by atoms with Crippen LogP contribution in [0.5, 0.6) is 0 Å². The molecule has 2 N–H and O–H groups in total. The van der Waals surface area contributed by atoms with Crippen LogP contribution < -0.4 is 10.2 Å². The van der Waals surface area contributed by atoms with Crippen molar-refractivity contribution < 1.29 is 19.2 Å². The summed E-state index contributed by atoms with van der Waals surface area (Å²) in [5.41, 5.74) is 1.64. The maximum absolute atomic E-state index is 12.3. The van der Waals surface area contributed by atoms with Gasteiger partial charge in [0.25, 0.3) is 0 Å². The van der Waals surface area contributed by atoms with Gasteiger partial charge in [-0.3, -0.25) is 4.98 Å². The molecule has 0 atom stereocenters. The van der Waals surface area contributed by atoms with Crippen molar-refractivity contribution >= 4 is 45.8 Å². The minimum absolute atomic E-state index is 0.301. The molecule has 0 radical (unpaired) electrons. The Morgan fingerprint density at radius 3 is 2.85 bits per heavy atom. The fourth-order valence-electron chi connectivity index (χ4n) is 3.04. The summed E-state index contributed by atoms with van der Waals surface area (Å²) in [6.45, 7) is 7.27. The van der Waals surface area contributed by atoms with Gasteiger partial charge in [-0.25, -0.2) is 4.79 Å². The molecule has 1 aliphatic heterocycles. The van der Waals surface area contributed by atoms with E-state index in [1.807, 2.05) is 6.07 Å². The summed E-state index contributed by atoms with van der Waals surface area (Å²) in [5, 5.41) is 4.94. The van der Waals surface area contributed by atoms with Gasteiger partial charge in [0.1, 0.15) is 18.7 Å². The van der Waals surface area contributed by atoms with E-state index in [9.17, 15) is 4.79 Å². The summed E-state index contributed by atoms with van der Waals surface area (Å²) < 4.78 is 10.6. The summed E-state index contributed by atoms with van der Waals surface area (Å²) in [6.07, 6.45) is 1.49. The smallest absolute Gasteiger partial charge is 0.341 e. The van der Waals surface area contributed by atoms with Crippen molar-refractivity contribution in [2.75, 3.05) is 51.3 Å². The van der Waals surface area contributed by atoms with Crippen molar-refractivity contribution in [3.63, 3.8) is 0 Å². The van der Waals surface area contributed by atoms with Gasteiger partial charge in [-0.1, -0.05) is 23.2 Å². The second-order valence-electron chi connectivity index (χ2n) is 6.06. The molecule has 2 heterocycles.